The third-order valence-corrected chi connectivity index (χ3v) is 8.31. The van der Waals surface area contributed by atoms with Crippen LogP contribution in [0.1, 0.15) is 53.7 Å². The van der Waals surface area contributed by atoms with E-state index < -0.39 is 4.92 Å². The minimum Gasteiger partial charge on any atom is -0.322 e. The molecule has 1 atom stereocenters. The van der Waals surface area contributed by atoms with Crippen molar-refractivity contribution in [3.63, 3.8) is 0 Å². The number of thiophene rings is 1. The maximum Gasteiger partial charge on any atom is 0.271 e. The number of carbonyl (C=O) groups is 1. The summed E-state index contributed by atoms with van der Waals surface area (Å²) in [6, 6.07) is 19.7. The number of benzene rings is 2. The lowest BCUT2D eigenvalue weighted by atomic mass is 9.72. The van der Waals surface area contributed by atoms with Crippen molar-refractivity contribution < 1.29 is 9.72 Å². The van der Waals surface area contributed by atoms with Gasteiger partial charge >= 0.3 is 0 Å². The molecule has 2 aromatic carbocycles. The van der Waals surface area contributed by atoms with E-state index in [4.69, 9.17) is 4.99 Å². The molecular weight excluding hydrogens is 496 g/mol. The lowest BCUT2D eigenvalue weighted by molar-refractivity contribution is -0.384. The molecule has 0 saturated carbocycles. The standard InChI is InChI=1S/C30H30N4O3S/c1-30(2,3)20-14-15-25-26(17-20)38-29(27(25)28(35)32-21-9-5-4-6-10-21)31-19-24-13-8-16-33(24)22-11-7-12-23(18-22)34(36)37/h4-13,16,18-20H,14-15,17H2,1-3H3,(H,32,35)/t20-/m0/s1. The van der Waals surface area contributed by atoms with Crippen LogP contribution < -0.4 is 5.32 Å². The Morgan fingerprint density at radius 1 is 1.13 bits per heavy atom. The molecule has 4 aromatic rings. The van der Waals surface area contributed by atoms with Gasteiger partial charge in [0, 0.05) is 28.9 Å². The zero-order valence-corrected chi connectivity index (χ0v) is 22.5. The average molecular weight is 527 g/mol. The lowest BCUT2D eigenvalue weighted by Crippen LogP contribution is -2.27. The van der Waals surface area contributed by atoms with Gasteiger partial charge in [-0.05, 0) is 66.5 Å². The number of nitro groups is 1. The number of hydrogen-bond acceptors (Lipinski definition) is 5. The van der Waals surface area contributed by atoms with Gasteiger partial charge in [-0.2, -0.15) is 0 Å². The highest BCUT2D eigenvalue weighted by Crippen LogP contribution is 2.45. The number of nitrogens with zero attached hydrogens (tertiary/aromatic N) is 3. The first-order valence-electron chi connectivity index (χ1n) is 12.7. The number of nitro benzene ring substituents is 1. The van der Waals surface area contributed by atoms with Crippen LogP contribution in [0.2, 0.25) is 0 Å². The molecule has 8 heteroatoms. The van der Waals surface area contributed by atoms with Crippen LogP contribution in [0.5, 0.6) is 0 Å². The van der Waals surface area contributed by atoms with Crippen LogP contribution in [-0.4, -0.2) is 21.6 Å². The molecule has 1 aliphatic rings. The van der Waals surface area contributed by atoms with Crippen LogP contribution >= 0.6 is 11.3 Å². The van der Waals surface area contributed by atoms with E-state index in [0.29, 0.717) is 22.2 Å². The smallest absolute Gasteiger partial charge is 0.271 e. The molecule has 7 nitrogen and oxygen atoms in total. The fourth-order valence-electron chi connectivity index (χ4n) is 4.97. The highest BCUT2D eigenvalue weighted by atomic mass is 32.1. The predicted octanol–water partition coefficient (Wildman–Crippen LogP) is 7.60. The summed E-state index contributed by atoms with van der Waals surface area (Å²) in [5.41, 5.74) is 4.14. The summed E-state index contributed by atoms with van der Waals surface area (Å²) in [5, 5.41) is 15.0. The van der Waals surface area contributed by atoms with E-state index >= 15 is 0 Å². The number of anilines is 1. The zero-order chi connectivity index (χ0) is 26.9. The summed E-state index contributed by atoms with van der Waals surface area (Å²) < 4.78 is 1.85. The summed E-state index contributed by atoms with van der Waals surface area (Å²) in [6.45, 7) is 6.83. The van der Waals surface area contributed by atoms with Gasteiger partial charge in [0.25, 0.3) is 11.6 Å². The van der Waals surface area contributed by atoms with E-state index in [-0.39, 0.29) is 17.0 Å². The molecule has 1 N–H and O–H groups in total. The minimum atomic E-state index is -0.403. The fourth-order valence-corrected chi connectivity index (χ4v) is 6.24. The first kappa shape index (κ1) is 25.6. The Labute approximate surface area is 226 Å². The van der Waals surface area contributed by atoms with Gasteiger partial charge in [-0.3, -0.25) is 14.9 Å². The summed E-state index contributed by atoms with van der Waals surface area (Å²) in [7, 11) is 0. The Balaban J connectivity index is 1.51. The zero-order valence-electron chi connectivity index (χ0n) is 21.7. The van der Waals surface area contributed by atoms with Crippen molar-refractivity contribution in [1.29, 1.82) is 0 Å². The van der Waals surface area contributed by atoms with Crippen molar-refractivity contribution in [2.75, 3.05) is 5.32 Å². The normalized spacial score (nSPS) is 15.4. The number of fused-ring (bicyclic) bond motifs is 1. The van der Waals surface area contributed by atoms with Crippen molar-refractivity contribution >= 4 is 39.8 Å². The number of para-hydroxylation sites is 1. The molecule has 0 saturated heterocycles. The van der Waals surface area contributed by atoms with Gasteiger partial charge < -0.3 is 9.88 Å². The maximum absolute atomic E-state index is 13.6. The van der Waals surface area contributed by atoms with Crippen molar-refractivity contribution in [2.24, 2.45) is 16.3 Å². The van der Waals surface area contributed by atoms with Crippen molar-refractivity contribution in [3.8, 4) is 5.69 Å². The van der Waals surface area contributed by atoms with Crippen molar-refractivity contribution in [2.45, 2.75) is 40.0 Å². The Kier molecular flexibility index (Phi) is 6.99. The molecule has 0 unspecified atom stereocenters. The number of nitrogens with one attached hydrogen (secondary N) is 1. The molecule has 0 radical (unpaired) electrons. The van der Waals surface area contributed by atoms with Gasteiger partial charge in [-0.25, -0.2) is 4.99 Å². The van der Waals surface area contributed by atoms with Crippen LogP contribution in [0.25, 0.3) is 5.69 Å². The molecule has 2 heterocycles. The number of aromatic nitrogens is 1. The third kappa shape index (κ3) is 5.31. The maximum atomic E-state index is 13.6. The van der Waals surface area contributed by atoms with E-state index in [9.17, 15) is 14.9 Å². The minimum absolute atomic E-state index is 0.0262. The van der Waals surface area contributed by atoms with Crippen LogP contribution in [-0.2, 0) is 12.8 Å². The van der Waals surface area contributed by atoms with E-state index in [2.05, 4.69) is 26.1 Å². The molecule has 0 bridgehead atoms. The molecule has 5 rings (SSSR count). The Hall–Kier alpha value is -4.04. The number of carbonyl (C=O) groups excluding carboxylic acids is 1. The third-order valence-electron chi connectivity index (χ3n) is 7.14. The molecule has 0 aliphatic heterocycles. The van der Waals surface area contributed by atoms with Gasteiger partial charge in [0.2, 0.25) is 0 Å². The Morgan fingerprint density at radius 3 is 2.66 bits per heavy atom. The lowest BCUT2D eigenvalue weighted by Gasteiger charge is -2.33. The molecule has 0 spiro atoms. The quantitative estimate of drug-likeness (QED) is 0.159. The molecule has 1 aliphatic carbocycles. The number of non-ortho nitro benzene ring substituents is 1. The highest BCUT2D eigenvalue weighted by molar-refractivity contribution is 7.16. The first-order valence-corrected chi connectivity index (χ1v) is 13.5. The number of rotatable bonds is 6. The Morgan fingerprint density at radius 2 is 1.92 bits per heavy atom. The second kappa shape index (κ2) is 10.4. The predicted molar refractivity (Wildman–Crippen MR) is 153 cm³/mol. The van der Waals surface area contributed by atoms with Crippen LogP contribution in [0.4, 0.5) is 16.4 Å². The van der Waals surface area contributed by atoms with Gasteiger partial charge in [0.1, 0.15) is 5.00 Å². The van der Waals surface area contributed by atoms with Crippen LogP contribution in [0.3, 0.4) is 0 Å². The molecule has 2 aromatic heterocycles. The van der Waals surface area contributed by atoms with E-state index in [1.54, 1.807) is 23.6 Å². The summed E-state index contributed by atoms with van der Waals surface area (Å²) >= 11 is 1.59. The van der Waals surface area contributed by atoms with Gasteiger partial charge in [0.15, 0.2) is 0 Å². The summed E-state index contributed by atoms with van der Waals surface area (Å²) in [6.07, 6.45) is 6.41. The van der Waals surface area contributed by atoms with E-state index in [1.807, 2.05) is 59.3 Å². The number of amides is 1. The Bertz CT molecular complexity index is 1510. The number of aliphatic imine (C=N–C) groups is 1. The van der Waals surface area contributed by atoms with Gasteiger partial charge in [-0.15, -0.1) is 11.3 Å². The summed E-state index contributed by atoms with van der Waals surface area (Å²) in [4.78, 5) is 30.5. The SMILES string of the molecule is CC(C)(C)[C@H]1CCc2c(sc(N=Cc3cccn3-c3cccc([N+](=O)[O-])c3)c2C(=O)Nc2ccccc2)C1. The number of hydrogen-bond donors (Lipinski definition) is 1. The van der Waals surface area contributed by atoms with Crippen LogP contribution in [0.15, 0.2) is 77.9 Å². The molecule has 0 fully saturated rings. The highest BCUT2D eigenvalue weighted by Gasteiger charge is 2.33. The monoisotopic (exact) mass is 526 g/mol. The molecule has 194 valence electrons. The second-order valence-electron chi connectivity index (χ2n) is 10.6. The van der Waals surface area contributed by atoms with E-state index in [1.165, 1.54) is 17.0 Å². The second-order valence-corrected chi connectivity index (χ2v) is 11.7. The molecular formula is C30H30N4O3S. The topological polar surface area (TPSA) is 89.5 Å². The fraction of sp³-hybridized carbons (Fsp3) is 0.267. The van der Waals surface area contributed by atoms with Crippen molar-refractivity contribution in [3.05, 3.63) is 105 Å². The van der Waals surface area contributed by atoms with Gasteiger partial charge in [-0.1, -0.05) is 45.0 Å². The molecule has 38 heavy (non-hydrogen) atoms. The average Bonchev–Trinajstić information content (AvgIpc) is 3.51. The largest absolute Gasteiger partial charge is 0.322 e. The summed E-state index contributed by atoms with van der Waals surface area (Å²) in [5.74, 6) is 0.394. The van der Waals surface area contributed by atoms with Crippen LogP contribution in [0, 0.1) is 21.4 Å². The van der Waals surface area contributed by atoms with Gasteiger partial charge in [0.05, 0.1) is 28.1 Å². The van der Waals surface area contributed by atoms with Crippen molar-refractivity contribution in [1.82, 2.24) is 4.57 Å². The van der Waals surface area contributed by atoms with E-state index in [0.717, 1.165) is 36.2 Å². The molecule has 1 amide bonds. The first-order chi connectivity index (χ1) is 18.2.